The first-order valence-electron chi connectivity index (χ1n) is 6.69. The van der Waals surface area contributed by atoms with Gasteiger partial charge in [0.1, 0.15) is 11.6 Å². The maximum absolute atomic E-state index is 14.2. The van der Waals surface area contributed by atoms with Crippen LogP contribution in [0.5, 0.6) is 0 Å². The van der Waals surface area contributed by atoms with Crippen molar-refractivity contribution in [2.24, 2.45) is 0 Å². The minimum absolute atomic E-state index is 0. The van der Waals surface area contributed by atoms with Crippen LogP contribution < -0.4 is 5.32 Å². The van der Waals surface area contributed by atoms with E-state index in [1.165, 1.54) is 6.07 Å². The van der Waals surface area contributed by atoms with E-state index in [0.717, 1.165) is 37.1 Å². The van der Waals surface area contributed by atoms with Gasteiger partial charge >= 0.3 is 0 Å². The molecule has 21 heavy (non-hydrogen) atoms. The van der Waals surface area contributed by atoms with Crippen LogP contribution in [0.2, 0.25) is 0 Å². The smallest absolute Gasteiger partial charge is 0.131 e. The molecule has 0 saturated carbocycles. The Morgan fingerprint density at radius 3 is 2.52 bits per heavy atom. The highest BCUT2D eigenvalue weighted by atomic mass is 35.5. The first kappa shape index (κ1) is 16.4. The van der Waals surface area contributed by atoms with Crippen molar-refractivity contribution in [1.82, 2.24) is 10.2 Å². The zero-order valence-corrected chi connectivity index (χ0v) is 13.0. The van der Waals surface area contributed by atoms with Gasteiger partial charge in [-0.15, -0.1) is 23.7 Å². The summed E-state index contributed by atoms with van der Waals surface area (Å²) >= 11 is 1.61. The van der Waals surface area contributed by atoms with Crippen molar-refractivity contribution in [2.75, 3.05) is 26.2 Å². The molecular weight excluding hydrogens is 314 g/mol. The molecule has 0 aliphatic carbocycles. The fraction of sp³-hybridized carbons (Fsp3) is 0.333. The maximum atomic E-state index is 14.2. The van der Waals surface area contributed by atoms with Crippen LogP contribution in [0.1, 0.15) is 16.5 Å². The van der Waals surface area contributed by atoms with Crippen LogP contribution in [0.3, 0.4) is 0 Å². The van der Waals surface area contributed by atoms with E-state index in [2.05, 4.69) is 10.2 Å². The van der Waals surface area contributed by atoms with E-state index in [1.54, 1.807) is 17.4 Å². The second kappa shape index (κ2) is 7.31. The lowest BCUT2D eigenvalue weighted by Crippen LogP contribution is -2.45. The highest BCUT2D eigenvalue weighted by Gasteiger charge is 2.27. The van der Waals surface area contributed by atoms with Gasteiger partial charge in [-0.1, -0.05) is 12.1 Å². The molecule has 1 aromatic carbocycles. The van der Waals surface area contributed by atoms with E-state index >= 15 is 0 Å². The molecule has 0 spiro atoms. The SMILES string of the molecule is Cl.Fc1ccc([C@H](c2cccs2)N2CCNCC2)c(F)c1. The van der Waals surface area contributed by atoms with E-state index in [-0.39, 0.29) is 18.4 Å². The van der Waals surface area contributed by atoms with Crippen molar-refractivity contribution >= 4 is 23.7 Å². The van der Waals surface area contributed by atoms with E-state index in [4.69, 9.17) is 0 Å². The summed E-state index contributed by atoms with van der Waals surface area (Å²) in [7, 11) is 0. The minimum atomic E-state index is -0.531. The molecule has 1 atom stereocenters. The van der Waals surface area contributed by atoms with Crippen molar-refractivity contribution < 1.29 is 8.78 Å². The Hall–Kier alpha value is -1.01. The molecule has 2 nitrogen and oxygen atoms in total. The molecule has 1 saturated heterocycles. The largest absolute Gasteiger partial charge is 0.314 e. The Labute approximate surface area is 133 Å². The predicted molar refractivity (Wildman–Crippen MR) is 84.2 cm³/mol. The third-order valence-corrected chi connectivity index (χ3v) is 4.51. The summed E-state index contributed by atoms with van der Waals surface area (Å²) in [5.74, 6) is -1.00. The average Bonchev–Trinajstić information content (AvgIpc) is 2.97. The van der Waals surface area contributed by atoms with Gasteiger partial charge in [-0.05, 0) is 17.5 Å². The summed E-state index contributed by atoms with van der Waals surface area (Å²) < 4.78 is 27.3. The molecule has 6 heteroatoms. The summed E-state index contributed by atoms with van der Waals surface area (Å²) in [6.45, 7) is 3.51. The van der Waals surface area contributed by atoms with Gasteiger partial charge in [0.15, 0.2) is 0 Å². The van der Waals surface area contributed by atoms with Gasteiger partial charge in [0.2, 0.25) is 0 Å². The number of thiophene rings is 1. The predicted octanol–water partition coefficient (Wildman–Crippen LogP) is 3.44. The Morgan fingerprint density at radius 2 is 1.90 bits per heavy atom. The van der Waals surface area contributed by atoms with Crippen molar-refractivity contribution in [1.29, 1.82) is 0 Å². The minimum Gasteiger partial charge on any atom is -0.314 e. The lowest BCUT2D eigenvalue weighted by molar-refractivity contribution is 0.197. The molecule has 2 aromatic rings. The summed E-state index contributed by atoms with van der Waals surface area (Å²) in [4.78, 5) is 3.34. The number of halogens is 3. The quantitative estimate of drug-likeness (QED) is 0.927. The Morgan fingerprint density at radius 1 is 1.14 bits per heavy atom. The molecule has 1 aliphatic rings. The van der Waals surface area contributed by atoms with Crippen molar-refractivity contribution in [3.8, 4) is 0 Å². The fourth-order valence-corrected chi connectivity index (χ4v) is 3.52. The molecule has 2 heterocycles. The van der Waals surface area contributed by atoms with Gasteiger partial charge in [0, 0.05) is 42.7 Å². The topological polar surface area (TPSA) is 15.3 Å². The average molecular weight is 331 g/mol. The molecule has 3 rings (SSSR count). The first-order chi connectivity index (χ1) is 9.75. The van der Waals surface area contributed by atoms with Gasteiger partial charge in [-0.25, -0.2) is 8.78 Å². The van der Waals surface area contributed by atoms with Crippen molar-refractivity contribution in [2.45, 2.75) is 6.04 Å². The van der Waals surface area contributed by atoms with Crippen LogP contribution in [0, 0.1) is 11.6 Å². The Balaban J connectivity index is 0.00000161. The monoisotopic (exact) mass is 330 g/mol. The number of nitrogens with one attached hydrogen (secondary N) is 1. The molecule has 0 unspecified atom stereocenters. The van der Waals surface area contributed by atoms with E-state index in [1.807, 2.05) is 17.5 Å². The molecule has 0 radical (unpaired) electrons. The number of nitrogens with zero attached hydrogens (tertiary/aromatic N) is 1. The zero-order chi connectivity index (χ0) is 13.9. The second-order valence-corrected chi connectivity index (χ2v) is 5.85. The molecule has 0 bridgehead atoms. The van der Waals surface area contributed by atoms with Crippen LogP contribution in [0.15, 0.2) is 35.7 Å². The van der Waals surface area contributed by atoms with Crippen LogP contribution in [0.4, 0.5) is 8.78 Å². The zero-order valence-electron chi connectivity index (χ0n) is 11.4. The number of benzene rings is 1. The van der Waals surface area contributed by atoms with Crippen molar-refractivity contribution in [3.05, 3.63) is 57.8 Å². The van der Waals surface area contributed by atoms with Gasteiger partial charge < -0.3 is 5.32 Å². The maximum Gasteiger partial charge on any atom is 0.131 e. The third kappa shape index (κ3) is 3.61. The molecule has 1 fully saturated rings. The third-order valence-electron chi connectivity index (χ3n) is 3.59. The molecule has 0 amide bonds. The van der Waals surface area contributed by atoms with Crippen LogP contribution in [-0.4, -0.2) is 31.1 Å². The lowest BCUT2D eigenvalue weighted by atomic mass is 10.0. The van der Waals surface area contributed by atoms with E-state index < -0.39 is 11.6 Å². The standard InChI is InChI=1S/C15H16F2N2S.ClH/c16-11-3-4-12(13(17)10-11)15(14-2-1-9-20-14)19-7-5-18-6-8-19;/h1-4,9-10,15,18H,5-8H2;1H/t15-;/m1./s1. The van der Waals surface area contributed by atoms with Crippen LogP contribution >= 0.6 is 23.7 Å². The summed E-state index contributed by atoms with van der Waals surface area (Å²) in [6, 6.07) is 7.73. The highest BCUT2D eigenvalue weighted by molar-refractivity contribution is 7.10. The normalized spacial score (nSPS) is 17.2. The fourth-order valence-electron chi connectivity index (χ4n) is 2.64. The Kier molecular flexibility index (Phi) is 5.70. The Bertz CT molecular complexity index is 571. The lowest BCUT2D eigenvalue weighted by Gasteiger charge is -2.34. The number of piperazine rings is 1. The molecule has 1 aliphatic heterocycles. The van der Waals surface area contributed by atoms with Gasteiger partial charge in [-0.2, -0.15) is 0 Å². The van der Waals surface area contributed by atoms with E-state index in [9.17, 15) is 8.78 Å². The summed E-state index contributed by atoms with van der Waals surface area (Å²) in [6.07, 6.45) is 0. The highest BCUT2D eigenvalue weighted by Crippen LogP contribution is 2.33. The van der Waals surface area contributed by atoms with Gasteiger partial charge in [0.25, 0.3) is 0 Å². The van der Waals surface area contributed by atoms with Gasteiger partial charge in [0.05, 0.1) is 6.04 Å². The molecule has 114 valence electrons. The van der Waals surface area contributed by atoms with Crippen LogP contribution in [0.25, 0.3) is 0 Å². The molecule has 1 aromatic heterocycles. The van der Waals surface area contributed by atoms with E-state index in [0.29, 0.717) is 5.56 Å². The second-order valence-electron chi connectivity index (χ2n) is 4.87. The summed E-state index contributed by atoms with van der Waals surface area (Å²) in [5, 5.41) is 5.29. The molecular formula is C15H17ClF2N2S. The van der Waals surface area contributed by atoms with Crippen molar-refractivity contribution in [3.63, 3.8) is 0 Å². The number of hydrogen-bond donors (Lipinski definition) is 1. The number of hydrogen-bond acceptors (Lipinski definition) is 3. The summed E-state index contributed by atoms with van der Waals surface area (Å²) in [5.41, 5.74) is 0.552. The number of rotatable bonds is 3. The first-order valence-corrected chi connectivity index (χ1v) is 7.57. The van der Waals surface area contributed by atoms with Gasteiger partial charge in [-0.3, -0.25) is 4.90 Å². The van der Waals surface area contributed by atoms with Crippen LogP contribution in [-0.2, 0) is 0 Å². The molecule has 1 N–H and O–H groups in total.